The normalized spacial score (nSPS) is 10.7. The van der Waals surface area contributed by atoms with E-state index in [9.17, 15) is 4.79 Å². The van der Waals surface area contributed by atoms with Crippen LogP contribution in [0.3, 0.4) is 0 Å². The number of hydrogen-bond donors (Lipinski definition) is 2. The summed E-state index contributed by atoms with van der Waals surface area (Å²) in [6.45, 7) is 4.92. The molecule has 3 rings (SSSR count). The van der Waals surface area contributed by atoms with Crippen molar-refractivity contribution in [1.29, 1.82) is 0 Å². The summed E-state index contributed by atoms with van der Waals surface area (Å²) in [7, 11) is 0. The van der Waals surface area contributed by atoms with Crippen LogP contribution in [0, 0.1) is 13.8 Å². The highest BCUT2D eigenvalue weighted by atomic mass is 35.5. The van der Waals surface area contributed by atoms with Crippen LogP contribution in [0.1, 0.15) is 21.1 Å². The van der Waals surface area contributed by atoms with Crippen LogP contribution >= 0.6 is 22.9 Å². The molecule has 0 bridgehead atoms. The van der Waals surface area contributed by atoms with Crippen LogP contribution < -0.4 is 10.6 Å². The molecule has 0 aliphatic carbocycles. The molecule has 0 fully saturated rings. The number of rotatable bonds is 6. The summed E-state index contributed by atoms with van der Waals surface area (Å²) < 4.78 is 2.37. The molecule has 0 spiro atoms. The van der Waals surface area contributed by atoms with E-state index in [0.717, 1.165) is 11.4 Å². The van der Waals surface area contributed by atoms with Crippen molar-refractivity contribution in [1.82, 2.24) is 25.1 Å². The summed E-state index contributed by atoms with van der Waals surface area (Å²) in [5.41, 5.74) is 1.94. The predicted octanol–water partition coefficient (Wildman–Crippen LogP) is 2.84. The number of amides is 1. The van der Waals surface area contributed by atoms with Crippen LogP contribution in [0.4, 0.5) is 5.82 Å². The Morgan fingerprint density at radius 1 is 1.24 bits per heavy atom. The molecule has 0 radical (unpaired) electrons. The van der Waals surface area contributed by atoms with E-state index in [0.29, 0.717) is 33.9 Å². The van der Waals surface area contributed by atoms with Crippen LogP contribution in [0.15, 0.2) is 30.6 Å². The molecule has 0 saturated carbocycles. The molecule has 9 heteroatoms. The van der Waals surface area contributed by atoms with Gasteiger partial charge in [0.25, 0.3) is 5.91 Å². The third kappa shape index (κ3) is 4.34. The predicted molar refractivity (Wildman–Crippen MR) is 98.8 cm³/mol. The molecule has 3 aromatic rings. The second-order valence-electron chi connectivity index (χ2n) is 5.39. The molecule has 0 saturated heterocycles. The maximum atomic E-state index is 11.9. The van der Waals surface area contributed by atoms with E-state index in [-0.39, 0.29) is 5.91 Å². The second kappa shape index (κ2) is 7.62. The van der Waals surface area contributed by atoms with Crippen LogP contribution in [0.2, 0.25) is 4.34 Å². The number of aromatic nitrogens is 4. The van der Waals surface area contributed by atoms with Crippen LogP contribution in [0.5, 0.6) is 0 Å². The van der Waals surface area contributed by atoms with E-state index in [1.165, 1.54) is 17.7 Å². The molecule has 25 heavy (non-hydrogen) atoms. The van der Waals surface area contributed by atoms with Gasteiger partial charge in [-0.2, -0.15) is 5.10 Å². The number of nitrogens with zero attached hydrogens (tertiary/aromatic N) is 4. The van der Waals surface area contributed by atoms with Crippen molar-refractivity contribution < 1.29 is 4.79 Å². The highest BCUT2D eigenvalue weighted by Crippen LogP contribution is 2.21. The fourth-order valence-corrected chi connectivity index (χ4v) is 3.27. The SMILES string of the molecule is Cc1cc(C)n(-c2cc(NCCNC(=O)c3ccc(Cl)s3)ncn2)n1. The highest BCUT2D eigenvalue weighted by Gasteiger charge is 2.08. The van der Waals surface area contributed by atoms with Crippen molar-refractivity contribution in [3.63, 3.8) is 0 Å². The Balaban J connectivity index is 1.54. The molecular weight excluding hydrogens is 360 g/mol. The standard InChI is InChI=1S/C16H17ClN6OS/c1-10-7-11(2)23(22-10)15-8-14(20-9-21-15)18-5-6-19-16(24)12-3-4-13(17)25-12/h3-4,7-9H,5-6H2,1-2H3,(H,19,24)(H,18,20,21). The molecule has 7 nitrogen and oxygen atoms in total. The van der Waals surface area contributed by atoms with Gasteiger partial charge >= 0.3 is 0 Å². The minimum atomic E-state index is -0.135. The van der Waals surface area contributed by atoms with E-state index in [1.807, 2.05) is 26.0 Å². The van der Waals surface area contributed by atoms with E-state index >= 15 is 0 Å². The lowest BCUT2D eigenvalue weighted by Crippen LogP contribution is -2.28. The minimum absolute atomic E-state index is 0.135. The molecule has 2 N–H and O–H groups in total. The van der Waals surface area contributed by atoms with Crippen molar-refractivity contribution in [2.45, 2.75) is 13.8 Å². The zero-order valence-electron chi connectivity index (χ0n) is 13.8. The first-order valence-electron chi connectivity index (χ1n) is 7.66. The van der Waals surface area contributed by atoms with Gasteiger partial charge in [0.15, 0.2) is 5.82 Å². The van der Waals surface area contributed by atoms with Gasteiger partial charge in [-0.3, -0.25) is 4.79 Å². The third-order valence-electron chi connectivity index (χ3n) is 3.39. The van der Waals surface area contributed by atoms with Gasteiger partial charge in [0.2, 0.25) is 0 Å². The Bertz CT molecular complexity index is 890. The monoisotopic (exact) mass is 376 g/mol. The molecule has 0 unspecified atom stereocenters. The number of carbonyl (C=O) groups excluding carboxylic acids is 1. The second-order valence-corrected chi connectivity index (χ2v) is 7.10. The van der Waals surface area contributed by atoms with Gasteiger partial charge in [-0.05, 0) is 32.0 Å². The average molecular weight is 377 g/mol. The Kier molecular flexibility index (Phi) is 5.30. The van der Waals surface area contributed by atoms with Crippen LogP contribution in [-0.2, 0) is 0 Å². The van der Waals surface area contributed by atoms with Gasteiger partial charge in [-0.15, -0.1) is 11.3 Å². The van der Waals surface area contributed by atoms with Crippen molar-refractivity contribution in [3.05, 3.63) is 51.2 Å². The Morgan fingerprint density at radius 3 is 2.76 bits per heavy atom. The number of anilines is 1. The zero-order valence-corrected chi connectivity index (χ0v) is 15.4. The minimum Gasteiger partial charge on any atom is -0.368 e. The van der Waals surface area contributed by atoms with E-state index < -0.39 is 0 Å². The molecular formula is C16H17ClN6OS. The van der Waals surface area contributed by atoms with Gasteiger partial charge in [0.05, 0.1) is 14.9 Å². The Hall–Kier alpha value is -2.45. The van der Waals surface area contributed by atoms with E-state index in [4.69, 9.17) is 11.6 Å². The smallest absolute Gasteiger partial charge is 0.261 e. The third-order valence-corrected chi connectivity index (χ3v) is 4.62. The molecule has 3 heterocycles. The molecule has 130 valence electrons. The lowest BCUT2D eigenvalue weighted by Gasteiger charge is -2.08. The number of carbonyl (C=O) groups is 1. The van der Waals surface area contributed by atoms with Gasteiger partial charge in [0, 0.05) is 24.8 Å². The summed E-state index contributed by atoms with van der Waals surface area (Å²) in [5.74, 6) is 1.23. The molecule has 0 aliphatic rings. The van der Waals surface area contributed by atoms with Crippen molar-refractivity contribution >= 4 is 34.7 Å². The molecule has 1 amide bonds. The van der Waals surface area contributed by atoms with Crippen LogP contribution in [0.25, 0.3) is 5.82 Å². The fourth-order valence-electron chi connectivity index (χ4n) is 2.31. The van der Waals surface area contributed by atoms with Gasteiger partial charge in [-0.25, -0.2) is 14.6 Å². The highest BCUT2D eigenvalue weighted by molar-refractivity contribution is 7.17. The van der Waals surface area contributed by atoms with Crippen molar-refractivity contribution in [3.8, 4) is 5.82 Å². The fraction of sp³-hybridized carbons (Fsp3) is 0.250. The maximum Gasteiger partial charge on any atom is 0.261 e. The molecule has 0 aromatic carbocycles. The van der Waals surface area contributed by atoms with Gasteiger partial charge in [0.1, 0.15) is 12.1 Å². The summed E-state index contributed by atoms with van der Waals surface area (Å²) in [6, 6.07) is 7.23. The topological polar surface area (TPSA) is 84.7 Å². The Labute approximate surface area is 154 Å². The van der Waals surface area contributed by atoms with E-state index in [1.54, 1.807) is 16.8 Å². The number of hydrogen-bond acceptors (Lipinski definition) is 6. The lowest BCUT2D eigenvalue weighted by atomic mass is 10.4. The first-order valence-corrected chi connectivity index (χ1v) is 8.85. The largest absolute Gasteiger partial charge is 0.368 e. The van der Waals surface area contributed by atoms with Gasteiger partial charge in [-0.1, -0.05) is 11.6 Å². The molecule has 0 aliphatic heterocycles. The summed E-state index contributed by atoms with van der Waals surface area (Å²) in [5, 5.41) is 10.4. The number of halogens is 1. The first kappa shape index (κ1) is 17.4. The lowest BCUT2D eigenvalue weighted by molar-refractivity contribution is 0.0959. The Morgan fingerprint density at radius 2 is 2.08 bits per heavy atom. The first-order chi connectivity index (χ1) is 12.0. The van der Waals surface area contributed by atoms with Gasteiger partial charge < -0.3 is 10.6 Å². The van der Waals surface area contributed by atoms with Crippen LogP contribution in [-0.4, -0.2) is 38.7 Å². The molecule has 3 aromatic heterocycles. The number of aryl methyl sites for hydroxylation is 2. The maximum absolute atomic E-state index is 11.9. The number of nitrogens with one attached hydrogen (secondary N) is 2. The zero-order chi connectivity index (χ0) is 17.8. The summed E-state index contributed by atoms with van der Waals surface area (Å²) in [6.07, 6.45) is 1.49. The summed E-state index contributed by atoms with van der Waals surface area (Å²) >= 11 is 7.08. The summed E-state index contributed by atoms with van der Waals surface area (Å²) in [4.78, 5) is 21.0. The van der Waals surface area contributed by atoms with Crippen molar-refractivity contribution in [2.24, 2.45) is 0 Å². The quantitative estimate of drug-likeness (QED) is 0.646. The average Bonchev–Trinajstić information content (AvgIpc) is 3.17. The van der Waals surface area contributed by atoms with E-state index in [2.05, 4.69) is 25.7 Å². The number of thiophene rings is 1. The molecule has 0 atom stereocenters. The van der Waals surface area contributed by atoms with Crippen molar-refractivity contribution in [2.75, 3.05) is 18.4 Å².